The second-order valence-corrected chi connectivity index (χ2v) is 8.41. The lowest BCUT2D eigenvalue weighted by Gasteiger charge is -2.35. The van der Waals surface area contributed by atoms with Crippen LogP contribution in [0.3, 0.4) is 0 Å². The Bertz CT molecular complexity index is 782. The number of nitrogens with zero attached hydrogens (tertiary/aromatic N) is 1. The number of nitriles is 1. The minimum Gasteiger partial charge on any atom is -0.493 e. The highest BCUT2D eigenvalue weighted by atomic mass is 16.5. The molecule has 6 nitrogen and oxygen atoms in total. The van der Waals surface area contributed by atoms with E-state index >= 15 is 0 Å². The quantitative estimate of drug-likeness (QED) is 0.862. The zero-order valence-electron chi connectivity index (χ0n) is 16.3. The van der Waals surface area contributed by atoms with Crippen molar-refractivity contribution in [3.63, 3.8) is 0 Å². The number of para-hydroxylation sites is 1. The van der Waals surface area contributed by atoms with Crippen molar-refractivity contribution in [2.45, 2.75) is 52.5 Å². The summed E-state index contributed by atoms with van der Waals surface area (Å²) in [6.07, 6.45) is 0.779. The molecule has 26 heavy (non-hydrogen) atoms. The molecule has 0 saturated carbocycles. The van der Waals surface area contributed by atoms with Crippen LogP contribution in [0, 0.1) is 16.7 Å². The Hall–Kier alpha value is -2.68. The fourth-order valence-corrected chi connectivity index (χ4v) is 3.66. The van der Waals surface area contributed by atoms with Gasteiger partial charge in [-0.15, -0.1) is 0 Å². The molecule has 6 heteroatoms. The highest BCUT2D eigenvalue weighted by Gasteiger charge is 2.38. The SMILES string of the molecule is COc1cccc2c1OC(N)=C(C#N)C2C(=O)NC(C)(C)CC(C)(C)C. The van der Waals surface area contributed by atoms with Crippen LogP contribution in [0.15, 0.2) is 29.7 Å². The van der Waals surface area contributed by atoms with E-state index in [1.165, 1.54) is 7.11 Å². The number of carbonyl (C=O) groups is 1. The molecule has 1 aliphatic rings. The molecule has 1 aromatic carbocycles. The number of fused-ring (bicyclic) bond motifs is 1. The number of nitrogens with two attached hydrogens (primary N) is 1. The van der Waals surface area contributed by atoms with Crippen LogP contribution < -0.4 is 20.5 Å². The summed E-state index contributed by atoms with van der Waals surface area (Å²) in [5, 5.41) is 12.6. The van der Waals surface area contributed by atoms with Gasteiger partial charge in [0, 0.05) is 11.1 Å². The van der Waals surface area contributed by atoms with Crippen LogP contribution in [0.25, 0.3) is 0 Å². The first kappa shape index (κ1) is 19.6. The van der Waals surface area contributed by atoms with Crippen LogP contribution in [0.5, 0.6) is 11.5 Å². The summed E-state index contributed by atoms with van der Waals surface area (Å²) in [5.41, 5.74) is 6.20. The van der Waals surface area contributed by atoms with E-state index in [2.05, 4.69) is 26.1 Å². The zero-order valence-corrected chi connectivity index (χ0v) is 16.3. The molecule has 1 aromatic rings. The Kier molecular flexibility index (Phi) is 5.22. The number of nitrogens with one attached hydrogen (secondary N) is 1. The smallest absolute Gasteiger partial charge is 0.233 e. The second kappa shape index (κ2) is 6.91. The number of rotatable bonds is 4. The summed E-state index contributed by atoms with van der Waals surface area (Å²) in [4.78, 5) is 13.1. The number of carbonyl (C=O) groups excluding carboxylic acids is 1. The van der Waals surface area contributed by atoms with Gasteiger partial charge < -0.3 is 20.5 Å². The van der Waals surface area contributed by atoms with E-state index in [9.17, 15) is 10.1 Å². The average Bonchev–Trinajstić information content (AvgIpc) is 2.49. The highest BCUT2D eigenvalue weighted by molar-refractivity contribution is 5.90. The lowest BCUT2D eigenvalue weighted by molar-refractivity contribution is -0.123. The van der Waals surface area contributed by atoms with E-state index in [0.29, 0.717) is 17.1 Å². The standard InChI is InChI=1S/C20H27N3O3/c1-19(2,3)11-20(4,5)23-18(24)15-12-8-7-9-14(25-6)16(12)26-17(22)13(15)10-21/h7-9,15H,11,22H2,1-6H3,(H,23,24). The molecule has 1 unspecified atom stereocenters. The minimum atomic E-state index is -0.835. The molecule has 140 valence electrons. The van der Waals surface area contributed by atoms with E-state index < -0.39 is 11.5 Å². The van der Waals surface area contributed by atoms with Gasteiger partial charge in [-0.3, -0.25) is 4.79 Å². The van der Waals surface area contributed by atoms with Crippen LogP contribution in [-0.2, 0) is 4.79 Å². The van der Waals surface area contributed by atoms with Gasteiger partial charge in [0.2, 0.25) is 11.8 Å². The maximum absolute atomic E-state index is 13.1. The molecule has 1 heterocycles. The lowest BCUT2D eigenvalue weighted by atomic mass is 9.80. The van der Waals surface area contributed by atoms with Gasteiger partial charge in [0.05, 0.1) is 7.11 Å². The summed E-state index contributed by atoms with van der Waals surface area (Å²) >= 11 is 0. The Morgan fingerprint density at radius 3 is 2.54 bits per heavy atom. The monoisotopic (exact) mass is 357 g/mol. The van der Waals surface area contributed by atoms with Gasteiger partial charge in [-0.05, 0) is 31.7 Å². The maximum Gasteiger partial charge on any atom is 0.233 e. The van der Waals surface area contributed by atoms with Crippen LogP contribution in [0.1, 0.15) is 52.5 Å². The Morgan fingerprint density at radius 1 is 1.35 bits per heavy atom. The number of methoxy groups -OCH3 is 1. The van der Waals surface area contributed by atoms with Crippen molar-refractivity contribution in [3.8, 4) is 17.6 Å². The van der Waals surface area contributed by atoms with Gasteiger partial charge in [0.25, 0.3) is 0 Å². The Balaban J connectivity index is 2.44. The summed E-state index contributed by atoms with van der Waals surface area (Å²) in [6.45, 7) is 10.3. The van der Waals surface area contributed by atoms with Crippen LogP contribution >= 0.6 is 0 Å². The average molecular weight is 357 g/mol. The highest BCUT2D eigenvalue weighted by Crippen LogP contribution is 2.43. The van der Waals surface area contributed by atoms with Crippen molar-refractivity contribution in [1.82, 2.24) is 5.32 Å². The van der Waals surface area contributed by atoms with Gasteiger partial charge >= 0.3 is 0 Å². The predicted molar refractivity (Wildman–Crippen MR) is 99.5 cm³/mol. The number of hydrogen-bond donors (Lipinski definition) is 2. The molecule has 0 spiro atoms. The molecule has 2 rings (SSSR count). The first-order chi connectivity index (χ1) is 12.0. The van der Waals surface area contributed by atoms with Gasteiger partial charge in [0.1, 0.15) is 17.6 Å². The Labute approximate surface area is 155 Å². The maximum atomic E-state index is 13.1. The molecule has 1 amide bonds. The van der Waals surface area contributed by atoms with Crippen molar-refractivity contribution in [1.29, 1.82) is 5.26 Å². The third-order valence-electron chi connectivity index (χ3n) is 4.12. The fraction of sp³-hybridized carbons (Fsp3) is 0.500. The number of ether oxygens (including phenoxy) is 2. The summed E-state index contributed by atoms with van der Waals surface area (Å²) in [6, 6.07) is 7.26. The van der Waals surface area contributed by atoms with E-state index in [-0.39, 0.29) is 22.8 Å². The normalized spacial score (nSPS) is 17.0. The van der Waals surface area contributed by atoms with Gasteiger partial charge in [-0.2, -0.15) is 5.26 Å². The second-order valence-electron chi connectivity index (χ2n) is 8.41. The van der Waals surface area contributed by atoms with Crippen molar-refractivity contribution in [2.24, 2.45) is 11.1 Å². The molecule has 0 aliphatic carbocycles. The van der Waals surface area contributed by atoms with Gasteiger partial charge in [-0.1, -0.05) is 32.9 Å². The van der Waals surface area contributed by atoms with Crippen LogP contribution in [0.4, 0.5) is 0 Å². The number of hydrogen-bond acceptors (Lipinski definition) is 5. The Morgan fingerprint density at radius 2 is 2.00 bits per heavy atom. The van der Waals surface area contributed by atoms with Gasteiger partial charge in [0.15, 0.2) is 11.5 Å². The summed E-state index contributed by atoms with van der Waals surface area (Å²) in [5.74, 6) is -0.345. The first-order valence-corrected chi connectivity index (χ1v) is 8.55. The van der Waals surface area contributed by atoms with Crippen molar-refractivity contribution >= 4 is 5.91 Å². The molecule has 1 atom stereocenters. The third kappa shape index (κ3) is 4.10. The molecule has 0 fully saturated rings. The molecule has 0 bridgehead atoms. The molecule has 0 aromatic heterocycles. The zero-order chi connectivity index (χ0) is 19.7. The first-order valence-electron chi connectivity index (χ1n) is 8.55. The number of benzene rings is 1. The van der Waals surface area contributed by atoms with Crippen LogP contribution in [0.2, 0.25) is 0 Å². The topological polar surface area (TPSA) is 97.4 Å². The third-order valence-corrected chi connectivity index (χ3v) is 4.12. The van der Waals surface area contributed by atoms with Crippen molar-refractivity contribution in [3.05, 3.63) is 35.2 Å². The summed E-state index contributed by atoms with van der Waals surface area (Å²) in [7, 11) is 1.51. The molecule has 1 aliphatic heterocycles. The largest absolute Gasteiger partial charge is 0.493 e. The molecular weight excluding hydrogens is 330 g/mol. The van der Waals surface area contributed by atoms with Crippen molar-refractivity contribution < 1.29 is 14.3 Å². The van der Waals surface area contributed by atoms with Gasteiger partial charge in [-0.25, -0.2) is 0 Å². The minimum absolute atomic E-state index is 0.0422. The molecule has 0 radical (unpaired) electrons. The number of amides is 1. The molecular formula is C20H27N3O3. The molecule has 0 saturated heterocycles. The summed E-state index contributed by atoms with van der Waals surface area (Å²) < 4.78 is 10.9. The van der Waals surface area contributed by atoms with Crippen molar-refractivity contribution in [2.75, 3.05) is 7.11 Å². The van der Waals surface area contributed by atoms with E-state index in [0.717, 1.165) is 6.42 Å². The van der Waals surface area contributed by atoms with E-state index in [4.69, 9.17) is 15.2 Å². The predicted octanol–water partition coefficient (Wildman–Crippen LogP) is 3.20. The van der Waals surface area contributed by atoms with E-state index in [1.807, 2.05) is 19.9 Å². The van der Waals surface area contributed by atoms with E-state index in [1.54, 1.807) is 18.2 Å². The fourth-order valence-electron chi connectivity index (χ4n) is 3.66. The van der Waals surface area contributed by atoms with Crippen LogP contribution in [-0.4, -0.2) is 18.6 Å². The molecule has 3 N–H and O–H groups in total. The lowest BCUT2D eigenvalue weighted by Crippen LogP contribution is -2.48.